The van der Waals surface area contributed by atoms with E-state index in [1.807, 2.05) is 0 Å². The molecule has 1 aromatic heterocycles. The van der Waals surface area contributed by atoms with E-state index in [1.165, 1.54) is 49.8 Å². The second kappa shape index (κ2) is 11.0. The Morgan fingerprint density at radius 1 is 0.784 bits per heavy atom. The average molecular weight is 601 g/mol. The standard InChI is InChI=1S/C32H29N2.CH4O.HI/c1-32(2)30(33(3)29-19-17-24-13-7-8-15-27(24)31(29)32)20-18-25-22-34(21-23-11-5-4-6-12-23)28-16-10-9-14-26(25)28;1-2;/h4-20,22H,21H2,1-3H3;2H,1H3;1H/q+1;;/p-1. The van der Waals surface area contributed by atoms with Gasteiger partial charge in [0.1, 0.15) is 7.05 Å². The molecule has 4 aromatic carbocycles. The van der Waals surface area contributed by atoms with Crippen molar-refractivity contribution in [3.8, 4) is 0 Å². The first kappa shape index (κ1) is 26.8. The van der Waals surface area contributed by atoms with E-state index in [0.717, 1.165) is 13.7 Å². The summed E-state index contributed by atoms with van der Waals surface area (Å²) in [7, 11) is 3.20. The smallest absolute Gasteiger partial charge is 0.210 e. The number of benzene rings is 4. The number of hydrogen-bond acceptors (Lipinski definition) is 1. The highest BCUT2D eigenvalue weighted by Gasteiger charge is 2.44. The van der Waals surface area contributed by atoms with Gasteiger partial charge in [-0.3, -0.25) is 0 Å². The van der Waals surface area contributed by atoms with Gasteiger partial charge in [-0.05, 0) is 48.4 Å². The lowest BCUT2D eigenvalue weighted by molar-refractivity contribution is -0.401. The predicted octanol–water partition coefficient (Wildman–Crippen LogP) is 4.17. The van der Waals surface area contributed by atoms with E-state index in [-0.39, 0.29) is 29.4 Å². The summed E-state index contributed by atoms with van der Waals surface area (Å²) in [5.74, 6) is 0. The van der Waals surface area contributed by atoms with Crippen molar-refractivity contribution in [2.75, 3.05) is 14.2 Å². The van der Waals surface area contributed by atoms with Crippen molar-refractivity contribution in [1.82, 2.24) is 4.57 Å². The van der Waals surface area contributed by atoms with Crippen LogP contribution in [0.2, 0.25) is 0 Å². The molecule has 0 atom stereocenters. The summed E-state index contributed by atoms with van der Waals surface area (Å²) in [4.78, 5) is 0. The van der Waals surface area contributed by atoms with Crippen molar-refractivity contribution in [3.63, 3.8) is 0 Å². The van der Waals surface area contributed by atoms with Gasteiger partial charge in [0.05, 0.1) is 5.41 Å². The van der Waals surface area contributed by atoms with Crippen LogP contribution in [0.1, 0.15) is 30.5 Å². The summed E-state index contributed by atoms with van der Waals surface area (Å²) in [6, 6.07) is 32.6. The van der Waals surface area contributed by atoms with Gasteiger partial charge < -0.3 is 33.7 Å². The van der Waals surface area contributed by atoms with E-state index >= 15 is 0 Å². The fraction of sp³-hybridized carbons (Fsp3) is 0.182. The van der Waals surface area contributed by atoms with Crippen LogP contribution in [0, 0.1) is 0 Å². The summed E-state index contributed by atoms with van der Waals surface area (Å²) < 4.78 is 4.72. The highest BCUT2D eigenvalue weighted by Crippen LogP contribution is 2.43. The van der Waals surface area contributed by atoms with Gasteiger partial charge in [-0.2, -0.15) is 4.58 Å². The largest absolute Gasteiger partial charge is 1.00 e. The number of rotatable bonds is 4. The van der Waals surface area contributed by atoms with Crippen molar-refractivity contribution in [3.05, 3.63) is 120 Å². The molecule has 0 radical (unpaired) electrons. The summed E-state index contributed by atoms with van der Waals surface area (Å²) in [5, 5.41) is 10.9. The molecule has 1 N–H and O–H groups in total. The van der Waals surface area contributed by atoms with Crippen molar-refractivity contribution < 1.29 is 33.7 Å². The highest BCUT2D eigenvalue weighted by molar-refractivity contribution is 6.09. The second-order valence-electron chi connectivity index (χ2n) is 9.80. The molecule has 0 unspecified atom stereocenters. The second-order valence-corrected chi connectivity index (χ2v) is 9.80. The monoisotopic (exact) mass is 600 g/mol. The minimum absolute atomic E-state index is 0. The fourth-order valence-corrected chi connectivity index (χ4v) is 5.68. The number of nitrogens with zero attached hydrogens (tertiary/aromatic N) is 2. The van der Waals surface area contributed by atoms with E-state index in [9.17, 15) is 0 Å². The first-order valence-electron chi connectivity index (χ1n) is 12.4. The summed E-state index contributed by atoms with van der Waals surface area (Å²) >= 11 is 0. The highest BCUT2D eigenvalue weighted by atomic mass is 127. The molecule has 37 heavy (non-hydrogen) atoms. The summed E-state index contributed by atoms with van der Waals surface area (Å²) in [5.41, 5.74) is 7.79. The maximum Gasteiger partial charge on any atom is 0.210 e. The summed E-state index contributed by atoms with van der Waals surface area (Å²) in [6.45, 7) is 5.56. The molecule has 1 aliphatic rings. The quantitative estimate of drug-likeness (QED) is 0.244. The first-order valence-corrected chi connectivity index (χ1v) is 12.4. The molecule has 6 rings (SSSR count). The molecule has 0 amide bonds. The van der Waals surface area contributed by atoms with Crippen LogP contribution < -0.4 is 24.0 Å². The van der Waals surface area contributed by atoms with Gasteiger partial charge >= 0.3 is 0 Å². The van der Waals surface area contributed by atoms with Crippen molar-refractivity contribution >= 4 is 39.2 Å². The molecule has 3 nitrogen and oxygen atoms in total. The zero-order chi connectivity index (χ0) is 25.3. The Labute approximate surface area is 236 Å². The Morgan fingerprint density at radius 2 is 1.43 bits per heavy atom. The molecule has 2 heterocycles. The van der Waals surface area contributed by atoms with E-state index in [0.29, 0.717) is 0 Å². The molecular formula is C33H33IN2O. The number of aliphatic hydroxyl groups is 1. The number of allylic oxidation sites excluding steroid dienone is 1. The number of fused-ring (bicyclic) bond motifs is 4. The van der Waals surface area contributed by atoms with Crippen LogP contribution in [-0.2, 0) is 12.0 Å². The summed E-state index contributed by atoms with van der Waals surface area (Å²) in [6.07, 6.45) is 6.91. The Morgan fingerprint density at radius 3 is 2.19 bits per heavy atom. The molecule has 1 aliphatic heterocycles. The maximum absolute atomic E-state index is 7.00. The number of hydrogen-bond donors (Lipinski definition) is 1. The number of halogens is 1. The van der Waals surface area contributed by atoms with Crippen molar-refractivity contribution in [2.45, 2.75) is 25.8 Å². The van der Waals surface area contributed by atoms with Crippen LogP contribution in [-0.4, -0.2) is 34.1 Å². The molecule has 0 fully saturated rings. The molecule has 4 heteroatoms. The molecule has 5 aromatic rings. The number of aromatic nitrogens is 1. The fourth-order valence-electron chi connectivity index (χ4n) is 5.68. The average Bonchev–Trinajstić information content (AvgIpc) is 3.36. The van der Waals surface area contributed by atoms with Gasteiger partial charge in [0.2, 0.25) is 5.69 Å². The van der Waals surface area contributed by atoms with Gasteiger partial charge in [-0.25, -0.2) is 0 Å². The predicted molar refractivity (Wildman–Crippen MR) is 152 cm³/mol. The lowest BCUT2D eigenvalue weighted by Crippen LogP contribution is -3.00. The van der Waals surface area contributed by atoms with E-state index in [1.54, 1.807) is 0 Å². The SMILES string of the molecule is CO.C[N+]1=C(/C=C/c2cn(Cc3ccccc3)c3ccccc23)C(C)(C)c2c1ccc1ccccc21.[I-]. The van der Waals surface area contributed by atoms with Crippen LogP contribution in [0.25, 0.3) is 27.8 Å². The van der Waals surface area contributed by atoms with Gasteiger partial charge in [0.15, 0.2) is 5.71 Å². The van der Waals surface area contributed by atoms with E-state index in [4.69, 9.17) is 5.11 Å². The third-order valence-corrected chi connectivity index (χ3v) is 7.33. The Hall–Kier alpha value is -3.22. The Balaban J connectivity index is 0.00000104. The van der Waals surface area contributed by atoms with Crippen molar-refractivity contribution in [1.29, 1.82) is 0 Å². The minimum atomic E-state index is -0.0795. The molecule has 0 aliphatic carbocycles. The lowest BCUT2D eigenvalue weighted by Gasteiger charge is -2.17. The third kappa shape index (κ3) is 4.76. The normalized spacial score (nSPS) is 14.0. The number of para-hydroxylation sites is 1. The van der Waals surface area contributed by atoms with Crippen LogP contribution in [0.3, 0.4) is 0 Å². The van der Waals surface area contributed by atoms with Crippen LogP contribution in [0.15, 0.2) is 103 Å². The van der Waals surface area contributed by atoms with Gasteiger partial charge in [-0.15, -0.1) is 0 Å². The Bertz CT molecular complexity index is 1610. The van der Waals surface area contributed by atoms with Gasteiger partial charge in [-0.1, -0.05) is 72.8 Å². The molecule has 0 bridgehead atoms. The van der Waals surface area contributed by atoms with Crippen molar-refractivity contribution in [2.24, 2.45) is 0 Å². The zero-order valence-electron chi connectivity index (χ0n) is 21.8. The molecule has 0 saturated heterocycles. The molecular weight excluding hydrogens is 567 g/mol. The molecule has 188 valence electrons. The van der Waals surface area contributed by atoms with Gasteiger partial charge in [0.25, 0.3) is 0 Å². The lowest BCUT2D eigenvalue weighted by atomic mass is 9.79. The molecule has 0 spiro atoms. The topological polar surface area (TPSA) is 28.2 Å². The number of aliphatic hydroxyl groups excluding tert-OH is 1. The maximum atomic E-state index is 7.00. The van der Waals surface area contributed by atoms with E-state index < -0.39 is 0 Å². The minimum Gasteiger partial charge on any atom is -1.00 e. The first-order chi connectivity index (χ1) is 17.5. The van der Waals surface area contributed by atoms with E-state index in [2.05, 4.69) is 139 Å². The van der Waals surface area contributed by atoms with Gasteiger partial charge in [0, 0.05) is 54.0 Å². The Kier molecular flexibility index (Phi) is 8.00. The van der Waals surface area contributed by atoms with Crippen LogP contribution in [0.5, 0.6) is 0 Å². The van der Waals surface area contributed by atoms with Crippen LogP contribution in [0.4, 0.5) is 5.69 Å². The molecule has 0 saturated carbocycles. The zero-order valence-corrected chi connectivity index (χ0v) is 24.0. The third-order valence-electron chi connectivity index (χ3n) is 7.33. The van der Waals surface area contributed by atoms with Crippen LogP contribution >= 0.6 is 0 Å².